The van der Waals surface area contributed by atoms with Crippen LogP contribution < -0.4 is 10.1 Å². The Balaban J connectivity index is 1.86. The van der Waals surface area contributed by atoms with Gasteiger partial charge >= 0.3 is 5.97 Å². The minimum absolute atomic E-state index is 0.235. The SMILES string of the molecule is CCOC(=O)c1ccccc1NC(=O)c1cc(-c2cccc(OC)c2)n(C)n1. The highest BCUT2D eigenvalue weighted by molar-refractivity contribution is 6.07. The van der Waals surface area contributed by atoms with Crippen LogP contribution in [0.1, 0.15) is 27.8 Å². The number of anilines is 1. The van der Waals surface area contributed by atoms with Crippen LogP contribution in [0.5, 0.6) is 5.75 Å². The minimum atomic E-state index is -0.489. The van der Waals surface area contributed by atoms with Crippen molar-refractivity contribution in [2.45, 2.75) is 6.92 Å². The number of carbonyl (C=O) groups is 2. The lowest BCUT2D eigenvalue weighted by molar-refractivity contribution is 0.0527. The van der Waals surface area contributed by atoms with Gasteiger partial charge in [-0.3, -0.25) is 9.48 Å². The molecule has 0 fully saturated rings. The highest BCUT2D eigenvalue weighted by atomic mass is 16.5. The zero-order chi connectivity index (χ0) is 20.1. The van der Waals surface area contributed by atoms with Crippen molar-refractivity contribution in [1.82, 2.24) is 9.78 Å². The number of benzene rings is 2. The maximum Gasteiger partial charge on any atom is 0.340 e. The van der Waals surface area contributed by atoms with Crippen LogP contribution in [0.2, 0.25) is 0 Å². The van der Waals surface area contributed by atoms with Crippen LogP contribution in [0.4, 0.5) is 5.69 Å². The van der Waals surface area contributed by atoms with Gasteiger partial charge in [-0.15, -0.1) is 0 Å². The third-order valence-electron chi connectivity index (χ3n) is 4.15. The van der Waals surface area contributed by atoms with Gasteiger partial charge in [-0.05, 0) is 37.3 Å². The number of amides is 1. The standard InChI is InChI=1S/C21H21N3O4/c1-4-28-21(26)16-10-5-6-11-17(16)22-20(25)18-13-19(24(2)23-18)14-8-7-9-15(12-14)27-3/h5-13H,4H2,1-3H3,(H,22,25). The highest BCUT2D eigenvalue weighted by Gasteiger charge is 2.18. The maximum absolute atomic E-state index is 12.7. The number of nitrogens with zero attached hydrogens (tertiary/aromatic N) is 2. The van der Waals surface area contributed by atoms with Crippen molar-refractivity contribution in [2.75, 3.05) is 19.0 Å². The molecule has 0 atom stereocenters. The quantitative estimate of drug-likeness (QED) is 0.663. The highest BCUT2D eigenvalue weighted by Crippen LogP contribution is 2.25. The molecule has 1 heterocycles. The molecule has 0 radical (unpaired) electrons. The van der Waals surface area contributed by atoms with Crippen LogP contribution in [0.3, 0.4) is 0 Å². The predicted molar refractivity (Wildman–Crippen MR) is 106 cm³/mol. The number of para-hydroxylation sites is 1. The van der Waals surface area contributed by atoms with E-state index in [1.807, 2.05) is 24.3 Å². The van der Waals surface area contributed by atoms with Gasteiger partial charge in [0.05, 0.1) is 30.7 Å². The van der Waals surface area contributed by atoms with Gasteiger partial charge in [0.25, 0.3) is 5.91 Å². The topological polar surface area (TPSA) is 82.5 Å². The van der Waals surface area contributed by atoms with Crippen LogP contribution in [0.15, 0.2) is 54.6 Å². The summed E-state index contributed by atoms with van der Waals surface area (Å²) in [5.41, 5.74) is 2.54. The fourth-order valence-electron chi connectivity index (χ4n) is 2.80. The van der Waals surface area contributed by atoms with Crippen LogP contribution in [-0.2, 0) is 11.8 Å². The van der Waals surface area contributed by atoms with Gasteiger partial charge in [0.1, 0.15) is 5.75 Å². The summed E-state index contributed by atoms with van der Waals surface area (Å²) in [5, 5.41) is 7.04. The second-order valence-corrected chi connectivity index (χ2v) is 5.99. The van der Waals surface area contributed by atoms with E-state index in [9.17, 15) is 9.59 Å². The van der Waals surface area contributed by atoms with Gasteiger partial charge in [0.2, 0.25) is 0 Å². The normalized spacial score (nSPS) is 10.4. The van der Waals surface area contributed by atoms with E-state index in [-0.39, 0.29) is 12.3 Å². The number of esters is 1. The zero-order valence-corrected chi connectivity index (χ0v) is 15.9. The number of rotatable bonds is 6. The van der Waals surface area contributed by atoms with Crippen LogP contribution >= 0.6 is 0 Å². The second-order valence-electron chi connectivity index (χ2n) is 5.99. The summed E-state index contributed by atoms with van der Waals surface area (Å²) in [5.74, 6) is -0.189. The molecule has 0 unspecified atom stereocenters. The smallest absolute Gasteiger partial charge is 0.340 e. The number of hydrogen-bond acceptors (Lipinski definition) is 5. The van der Waals surface area contributed by atoms with E-state index >= 15 is 0 Å². The number of hydrogen-bond donors (Lipinski definition) is 1. The van der Waals surface area contributed by atoms with E-state index in [1.165, 1.54) is 0 Å². The third-order valence-corrected chi connectivity index (χ3v) is 4.15. The Kier molecular flexibility index (Phi) is 5.74. The maximum atomic E-state index is 12.7. The molecule has 0 aliphatic rings. The van der Waals surface area contributed by atoms with Gasteiger partial charge in [-0.25, -0.2) is 4.79 Å². The lowest BCUT2D eigenvalue weighted by Crippen LogP contribution is -2.16. The van der Waals surface area contributed by atoms with Crippen molar-refractivity contribution < 1.29 is 19.1 Å². The van der Waals surface area contributed by atoms with Crippen molar-refractivity contribution in [3.8, 4) is 17.0 Å². The Morgan fingerprint density at radius 2 is 1.89 bits per heavy atom. The Morgan fingerprint density at radius 1 is 1.11 bits per heavy atom. The fourth-order valence-corrected chi connectivity index (χ4v) is 2.80. The first-order valence-electron chi connectivity index (χ1n) is 8.79. The predicted octanol–water partition coefficient (Wildman–Crippen LogP) is 3.52. The average molecular weight is 379 g/mol. The first kappa shape index (κ1) is 19.2. The van der Waals surface area contributed by atoms with Crippen LogP contribution in [-0.4, -0.2) is 35.4 Å². The second kappa shape index (κ2) is 8.39. The molecule has 144 valence electrons. The molecular formula is C21H21N3O4. The first-order valence-corrected chi connectivity index (χ1v) is 8.79. The number of carbonyl (C=O) groups excluding carboxylic acids is 2. The van der Waals surface area contributed by atoms with Crippen LogP contribution in [0.25, 0.3) is 11.3 Å². The molecule has 2 aromatic carbocycles. The summed E-state index contributed by atoms with van der Waals surface area (Å²) >= 11 is 0. The zero-order valence-electron chi connectivity index (χ0n) is 15.9. The van der Waals surface area contributed by atoms with E-state index in [2.05, 4.69) is 10.4 Å². The minimum Gasteiger partial charge on any atom is -0.497 e. The number of ether oxygens (including phenoxy) is 2. The van der Waals surface area contributed by atoms with E-state index in [4.69, 9.17) is 9.47 Å². The Morgan fingerprint density at radius 3 is 2.64 bits per heavy atom. The third kappa shape index (κ3) is 4.03. The number of aryl methyl sites for hydroxylation is 1. The molecule has 7 heteroatoms. The molecule has 1 N–H and O–H groups in total. The van der Waals surface area contributed by atoms with Gasteiger partial charge in [0, 0.05) is 12.6 Å². The average Bonchev–Trinajstić information content (AvgIpc) is 3.10. The van der Waals surface area contributed by atoms with E-state index in [1.54, 1.807) is 56.1 Å². The van der Waals surface area contributed by atoms with Crippen molar-refractivity contribution in [3.05, 3.63) is 65.9 Å². The molecule has 0 spiro atoms. The van der Waals surface area contributed by atoms with Gasteiger partial charge in [-0.2, -0.15) is 5.10 Å². The summed E-state index contributed by atoms with van der Waals surface area (Å²) in [6, 6.07) is 15.9. The van der Waals surface area contributed by atoms with Gasteiger partial charge in [0.15, 0.2) is 5.69 Å². The molecule has 0 saturated carbocycles. The van der Waals surface area contributed by atoms with Crippen molar-refractivity contribution >= 4 is 17.6 Å². The Bertz CT molecular complexity index is 1010. The molecule has 0 aliphatic carbocycles. The summed E-state index contributed by atoms with van der Waals surface area (Å²) in [7, 11) is 3.36. The van der Waals surface area contributed by atoms with Gasteiger partial charge < -0.3 is 14.8 Å². The molecule has 0 aliphatic heterocycles. The summed E-state index contributed by atoms with van der Waals surface area (Å²) in [6.45, 7) is 1.98. The summed E-state index contributed by atoms with van der Waals surface area (Å²) < 4.78 is 11.9. The van der Waals surface area contributed by atoms with E-state index in [0.717, 1.165) is 11.3 Å². The van der Waals surface area contributed by atoms with Crippen molar-refractivity contribution in [2.24, 2.45) is 7.05 Å². The number of aromatic nitrogens is 2. The van der Waals surface area contributed by atoms with E-state index in [0.29, 0.717) is 17.0 Å². The molecule has 1 aromatic heterocycles. The first-order chi connectivity index (χ1) is 13.5. The summed E-state index contributed by atoms with van der Waals surface area (Å²) in [4.78, 5) is 24.8. The molecule has 1 amide bonds. The van der Waals surface area contributed by atoms with Crippen molar-refractivity contribution in [3.63, 3.8) is 0 Å². The van der Waals surface area contributed by atoms with Gasteiger partial charge in [-0.1, -0.05) is 24.3 Å². The molecule has 0 bridgehead atoms. The number of nitrogens with one attached hydrogen (secondary N) is 1. The summed E-state index contributed by atoms with van der Waals surface area (Å²) in [6.07, 6.45) is 0. The molecule has 3 rings (SSSR count). The molecule has 3 aromatic rings. The molecule has 7 nitrogen and oxygen atoms in total. The van der Waals surface area contributed by atoms with E-state index < -0.39 is 11.9 Å². The van der Waals surface area contributed by atoms with Crippen molar-refractivity contribution in [1.29, 1.82) is 0 Å². The lowest BCUT2D eigenvalue weighted by Gasteiger charge is -2.09. The number of methoxy groups -OCH3 is 1. The largest absolute Gasteiger partial charge is 0.497 e. The lowest BCUT2D eigenvalue weighted by atomic mass is 10.1. The Hall–Kier alpha value is -3.61. The molecular weight excluding hydrogens is 358 g/mol. The fraction of sp³-hybridized carbons (Fsp3) is 0.190. The molecule has 0 saturated heterocycles. The van der Waals surface area contributed by atoms with Crippen LogP contribution in [0, 0.1) is 0 Å². The molecule has 28 heavy (non-hydrogen) atoms. The monoisotopic (exact) mass is 379 g/mol. The Labute approximate surface area is 162 Å².